The van der Waals surface area contributed by atoms with Crippen molar-refractivity contribution in [3.05, 3.63) is 58.4 Å². The first kappa shape index (κ1) is 15.9. The zero-order valence-electron chi connectivity index (χ0n) is 13.0. The number of hydrogen-bond acceptors (Lipinski definition) is 4. The van der Waals surface area contributed by atoms with E-state index in [9.17, 15) is 4.79 Å². The quantitative estimate of drug-likeness (QED) is 0.378. The molecule has 6 nitrogen and oxygen atoms in total. The number of hydrazone groups is 1. The summed E-state index contributed by atoms with van der Waals surface area (Å²) in [4.78, 5) is 18.2. The van der Waals surface area contributed by atoms with Crippen molar-refractivity contribution in [1.82, 2.24) is 15.4 Å². The van der Waals surface area contributed by atoms with E-state index in [1.807, 2.05) is 31.2 Å². The van der Waals surface area contributed by atoms with Gasteiger partial charge in [0.05, 0.1) is 23.9 Å². The van der Waals surface area contributed by atoms with Crippen molar-refractivity contribution in [2.75, 3.05) is 6.61 Å². The summed E-state index contributed by atoms with van der Waals surface area (Å²) in [7, 11) is 0. The second-order valence-corrected chi connectivity index (χ2v) is 5.42. The highest BCUT2D eigenvalue weighted by atomic mass is 32.1. The fourth-order valence-electron chi connectivity index (χ4n) is 2.27. The fourth-order valence-corrected chi connectivity index (χ4v) is 2.49. The Morgan fingerprint density at radius 1 is 1.25 bits per heavy atom. The number of fused-ring (bicyclic) bond motifs is 1. The molecule has 1 heterocycles. The molecular weight excluding hydrogens is 324 g/mol. The topological polar surface area (TPSA) is 82.3 Å². The number of benzene rings is 2. The van der Waals surface area contributed by atoms with Crippen LogP contribution >= 0.6 is 12.2 Å². The van der Waals surface area contributed by atoms with E-state index in [4.69, 9.17) is 17.0 Å². The van der Waals surface area contributed by atoms with Crippen LogP contribution in [0.25, 0.3) is 11.0 Å². The lowest BCUT2D eigenvalue weighted by Gasteiger charge is -2.05. The molecule has 0 aliphatic carbocycles. The Hall–Kier alpha value is -2.93. The van der Waals surface area contributed by atoms with Crippen LogP contribution in [0.1, 0.15) is 22.8 Å². The average Bonchev–Trinajstić information content (AvgIpc) is 2.95. The van der Waals surface area contributed by atoms with E-state index in [1.54, 1.807) is 24.4 Å². The Labute approximate surface area is 143 Å². The third kappa shape index (κ3) is 3.52. The van der Waals surface area contributed by atoms with E-state index in [-0.39, 0.29) is 5.91 Å². The Bertz CT molecular complexity index is 958. The van der Waals surface area contributed by atoms with Crippen molar-refractivity contribution in [2.24, 2.45) is 5.10 Å². The second-order valence-electron chi connectivity index (χ2n) is 5.01. The number of aromatic nitrogens is 2. The molecule has 0 unspecified atom stereocenters. The maximum atomic E-state index is 12.2. The van der Waals surface area contributed by atoms with Crippen molar-refractivity contribution >= 4 is 35.4 Å². The van der Waals surface area contributed by atoms with Crippen molar-refractivity contribution in [2.45, 2.75) is 6.92 Å². The van der Waals surface area contributed by atoms with Gasteiger partial charge in [-0.2, -0.15) is 5.10 Å². The van der Waals surface area contributed by atoms with Gasteiger partial charge in [-0.1, -0.05) is 12.1 Å². The minimum Gasteiger partial charge on any atom is -0.493 e. The molecule has 1 aromatic heterocycles. The molecule has 3 N–H and O–H groups in total. The number of rotatable bonds is 5. The fraction of sp³-hybridized carbons (Fsp3) is 0.118. The molecule has 0 bridgehead atoms. The number of imidazole rings is 1. The van der Waals surface area contributed by atoms with Gasteiger partial charge < -0.3 is 14.7 Å². The number of aromatic amines is 2. The van der Waals surface area contributed by atoms with E-state index in [0.717, 1.165) is 22.3 Å². The molecule has 1 amide bonds. The minimum absolute atomic E-state index is 0.303. The Morgan fingerprint density at radius 2 is 2.04 bits per heavy atom. The highest BCUT2D eigenvalue weighted by Gasteiger charge is 2.06. The van der Waals surface area contributed by atoms with Crippen LogP contribution in [0.15, 0.2) is 47.6 Å². The van der Waals surface area contributed by atoms with Gasteiger partial charge in [-0.05, 0) is 49.5 Å². The summed E-state index contributed by atoms with van der Waals surface area (Å²) in [5.41, 5.74) is 5.43. The first-order valence-electron chi connectivity index (χ1n) is 7.44. The number of ether oxygens (including phenoxy) is 1. The molecule has 3 aromatic rings. The van der Waals surface area contributed by atoms with E-state index < -0.39 is 0 Å². The number of carbonyl (C=O) groups excluding carboxylic acids is 1. The standard InChI is InChI=1S/C17H16N4O2S/c1-2-23-15-6-4-3-5-12(15)10-18-21-16(22)11-7-8-13-14(9-11)20-17(24)19-13/h3-10H,2H2,1H3,(H,21,22)(H2,19,20,24)/b18-10-. The van der Waals surface area contributed by atoms with E-state index in [1.165, 1.54) is 0 Å². The van der Waals surface area contributed by atoms with Crippen LogP contribution in [0.4, 0.5) is 0 Å². The Kier molecular flexibility index (Phi) is 4.72. The first-order valence-corrected chi connectivity index (χ1v) is 7.85. The SMILES string of the molecule is CCOc1ccccc1/C=N\NC(=O)c1ccc2[nH]c(=S)[nH]c2c1. The van der Waals surface area contributed by atoms with Crippen LogP contribution in [0.2, 0.25) is 0 Å². The molecule has 3 rings (SSSR count). The van der Waals surface area contributed by atoms with Gasteiger partial charge in [-0.15, -0.1) is 0 Å². The highest BCUT2D eigenvalue weighted by molar-refractivity contribution is 7.71. The van der Waals surface area contributed by atoms with Gasteiger partial charge in [0.15, 0.2) is 4.77 Å². The molecule has 0 aliphatic heterocycles. The minimum atomic E-state index is -0.303. The second kappa shape index (κ2) is 7.10. The zero-order chi connectivity index (χ0) is 16.9. The van der Waals surface area contributed by atoms with Crippen molar-refractivity contribution in [3.8, 4) is 5.75 Å². The van der Waals surface area contributed by atoms with Crippen LogP contribution in [-0.2, 0) is 0 Å². The normalized spacial score (nSPS) is 11.0. The molecule has 2 aromatic carbocycles. The van der Waals surface area contributed by atoms with Gasteiger partial charge in [0.25, 0.3) is 5.91 Å². The summed E-state index contributed by atoms with van der Waals surface area (Å²) < 4.78 is 6.03. The zero-order valence-corrected chi connectivity index (χ0v) is 13.8. The molecule has 0 saturated carbocycles. The number of nitrogens with one attached hydrogen (secondary N) is 3. The van der Waals surface area contributed by atoms with Crippen LogP contribution in [-0.4, -0.2) is 28.7 Å². The Balaban J connectivity index is 1.73. The van der Waals surface area contributed by atoms with Gasteiger partial charge in [-0.3, -0.25) is 4.79 Å². The first-order chi connectivity index (χ1) is 11.7. The molecule has 0 atom stereocenters. The van der Waals surface area contributed by atoms with E-state index >= 15 is 0 Å². The van der Waals surface area contributed by atoms with Crippen LogP contribution < -0.4 is 10.2 Å². The summed E-state index contributed by atoms with van der Waals surface area (Å²) in [6, 6.07) is 12.7. The summed E-state index contributed by atoms with van der Waals surface area (Å²) in [6.07, 6.45) is 1.56. The van der Waals surface area contributed by atoms with Gasteiger partial charge >= 0.3 is 0 Å². The van der Waals surface area contributed by atoms with Gasteiger partial charge in [0.1, 0.15) is 5.75 Å². The van der Waals surface area contributed by atoms with E-state index in [2.05, 4.69) is 20.5 Å². The third-order valence-electron chi connectivity index (χ3n) is 3.37. The number of hydrogen-bond donors (Lipinski definition) is 3. The summed E-state index contributed by atoms with van der Waals surface area (Å²) in [5.74, 6) is 0.418. The van der Waals surface area contributed by atoms with Gasteiger partial charge in [0, 0.05) is 11.1 Å². The molecule has 0 spiro atoms. The Morgan fingerprint density at radius 3 is 2.88 bits per heavy atom. The summed E-state index contributed by atoms with van der Waals surface area (Å²) >= 11 is 5.03. The number of carbonyl (C=O) groups is 1. The average molecular weight is 340 g/mol. The van der Waals surface area contributed by atoms with Crippen LogP contribution in [0, 0.1) is 4.77 Å². The van der Waals surface area contributed by atoms with Crippen LogP contribution in [0.5, 0.6) is 5.75 Å². The number of H-pyrrole nitrogens is 2. The van der Waals surface area contributed by atoms with Crippen molar-refractivity contribution in [1.29, 1.82) is 0 Å². The van der Waals surface area contributed by atoms with Gasteiger partial charge in [0.2, 0.25) is 0 Å². The maximum absolute atomic E-state index is 12.2. The van der Waals surface area contributed by atoms with Crippen molar-refractivity contribution < 1.29 is 9.53 Å². The largest absolute Gasteiger partial charge is 0.493 e. The molecule has 0 radical (unpaired) electrons. The predicted molar refractivity (Wildman–Crippen MR) is 96.2 cm³/mol. The third-order valence-corrected chi connectivity index (χ3v) is 3.57. The summed E-state index contributed by atoms with van der Waals surface area (Å²) in [6.45, 7) is 2.48. The lowest BCUT2D eigenvalue weighted by atomic mass is 10.2. The van der Waals surface area contributed by atoms with Gasteiger partial charge in [-0.25, -0.2) is 5.43 Å². The van der Waals surface area contributed by atoms with E-state index in [0.29, 0.717) is 16.9 Å². The summed E-state index contributed by atoms with van der Waals surface area (Å²) in [5, 5.41) is 4.00. The molecular formula is C17H16N4O2S. The lowest BCUT2D eigenvalue weighted by molar-refractivity contribution is 0.0955. The number of amides is 1. The molecule has 0 aliphatic rings. The molecule has 122 valence electrons. The van der Waals surface area contributed by atoms with Crippen molar-refractivity contribution in [3.63, 3.8) is 0 Å². The highest BCUT2D eigenvalue weighted by Crippen LogP contribution is 2.15. The molecule has 24 heavy (non-hydrogen) atoms. The number of nitrogens with zero attached hydrogens (tertiary/aromatic N) is 1. The number of para-hydroxylation sites is 1. The molecule has 0 saturated heterocycles. The monoisotopic (exact) mass is 340 g/mol. The smallest absolute Gasteiger partial charge is 0.271 e. The maximum Gasteiger partial charge on any atom is 0.271 e. The predicted octanol–water partition coefficient (Wildman–Crippen LogP) is 3.39. The molecule has 7 heteroatoms. The van der Waals surface area contributed by atoms with Crippen LogP contribution in [0.3, 0.4) is 0 Å². The molecule has 0 fully saturated rings. The lowest BCUT2D eigenvalue weighted by Crippen LogP contribution is -2.17.